The van der Waals surface area contributed by atoms with Crippen molar-refractivity contribution < 1.29 is 13.5 Å². The van der Waals surface area contributed by atoms with Crippen molar-refractivity contribution in [3.05, 3.63) is 34.9 Å². The highest BCUT2D eigenvalue weighted by molar-refractivity contribution is 7.92. The Bertz CT molecular complexity index is 716. The highest BCUT2D eigenvalue weighted by Crippen LogP contribution is 2.12. The van der Waals surface area contributed by atoms with E-state index < -0.39 is 15.6 Å². The minimum absolute atomic E-state index is 0.00148. The zero-order chi connectivity index (χ0) is 14.6. The highest BCUT2D eigenvalue weighted by atomic mass is 32.2. The number of nitrogens with one attached hydrogen (secondary N) is 2. The quantitative estimate of drug-likeness (QED) is 0.637. The van der Waals surface area contributed by atoms with E-state index in [1.165, 1.54) is 23.1 Å². The first-order chi connectivity index (χ1) is 9.51. The maximum absolute atomic E-state index is 12.0. The molecule has 9 nitrogen and oxygen atoms in total. The van der Waals surface area contributed by atoms with Gasteiger partial charge in [-0.3, -0.25) is 14.2 Å². The molecule has 0 atom stereocenters. The lowest BCUT2D eigenvalue weighted by atomic mass is 10.5. The third-order valence-electron chi connectivity index (χ3n) is 2.38. The molecule has 0 aliphatic rings. The Kier molecular flexibility index (Phi) is 4.15. The van der Waals surface area contributed by atoms with Crippen LogP contribution in [0, 0.1) is 0 Å². The van der Waals surface area contributed by atoms with Gasteiger partial charge in [-0.15, -0.1) is 0 Å². The second kappa shape index (κ2) is 5.84. The molecule has 0 fully saturated rings. The zero-order valence-electron chi connectivity index (χ0n) is 10.4. The predicted octanol–water partition coefficient (Wildman–Crippen LogP) is -0.850. The topological polar surface area (TPSA) is 130 Å². The molecule has 10 heteroatoms. The predicted molar refractivity (Wildman–Crippen MR) is 69.6 cm³/mol. The highest BCUT2D eigenvalue weighted by Gasteiger charge is 2.17. The first-order valence-electron chi connectivity index (χ1n) is 5.73. The second-order valence-electron chi connectivity index (χ2n) is 3.93. The molecular formula is C10H13N5O4S. The van der Waals surface area contributed by atoms with E-state index in [1.54, 1.807) is 0 Å². The summed E-state index contributed by atoms with van der Waals surface area (Å²) in [7, 11) is -3.81. The van der Waals surface area contributed by atoms with Crippen LogP contribution < -0.4 is 10.3 Å². The number of aromatic amines is 1. The number of anilines is 1. The molecule has 2 aromatic heterocycles. The van der Waals surface area contributed by atoms with E-state index in [0.29, 0.717) is 13.0 Å². The van der Waals surface area contributed by atoms with Crippen LogP contribution >= 0.6 is 0 Å². The van der Waals surface area contributed by atoms with Crippen LogP contribution in [0.3, 0.4) is 0 Å². The summed E-state index contributed by atoms with van der Waals surface area (Å²) in [6.45, 7) is 0.421. The van der Waals surface area contributed by atoms with Crippen LogP contribution in [0.1, 0.15) is 6.42 Å². The van der Waals surface area contributed by atoms with Gasteiger partial charge in [0.05, 0.1) is 6.20 Å². The van der Waals surface area contributed by atoms with Gasteiger partial charge in [0.15, 0.2) is 5.82 Å². The summed E-state index contributed by atoms with van der Waals surface area (Å²) in [6.07, 6.45) is 3.03. The van der Waals surface area contributed by atoms with Crippen LogP contribution in [-0.4, -0.2) is 40.1 Å². The maximum Gasteiger partial charge on any atom is 0.266 e. The fourth-order valence-corrected chi connectivity index (χ4v) is 2.39. The molecule has 0 saturated carbocycles. The van der Waals surface area contributed by atoms with Gasteiger partial charge >= 0.3 is 0 Å². The van der Waals surface area contributed by atoms with Gasteiger partial charge < -0.3 is 5.11 Å². The van der Waals surface area contributed by atoms with Crippen molar-refractivity contribution in [2.24, 2.45) is 0 Å². The standard InChI is InChI=1S/C10H13N5O4S/c16-5-1-4-15-7-8(6-11-15)20(18,19)14-9-2-3-10(17)13-12-9/h2-3,6-7,16H,1,4-5H2,(H,12,14)(H,13,17). The maximum atomic E-state index is 12.0. The lowest BCUT2D eigenvalue weighted by molar-refractivity contribution is 0.277. The Hall–Kier alpha value is -2.20. The average molecular weight is 299 g/mol. The van der Waals surface area contributed by atoms with Crippen molar-refractivity contribution in [2.75, 3.05) is 11.3 Å². The van der Waals surface area contributed by atoms with Crippen LogP contribution in [-0.2, 0) is 16.6 Å². The summed E-state index contributed by atoms with van der Waals surface area (Å²) in [4.78, 5) is 10.8. The largest absolute Gasteiger partial charge is 0.396 e. The van der Waals surface area contributed by atoms with Gasteiger partial charge in [-0.2, -0.15) is 10.2 Å². The van der Waals surface area contributed by atoms with Gasteiger partial charge in [-0.25, -0.2) is 13.5 Å². The summed E-state index contributed by atoms with van der Waals surface area (Å²) in [5, 5.41) is 18.3. The van der Waals surface area contributed by atoms with Crippen molar-refractivity contribution in [1.82, 2.24) is 20.0 Å². The third-order valence-corrected chi connectivity index (χ3v) is 3.69. The van der Waals surface area contributed by atoms with Crippen LogP contribution in [0.4, 0.5) is 5.82 Å². The molecule has 0 aliphatic carbocycles. The van der Waals surface area contributed by atoms with Gasteiger partial charge in [0.25, 0.3) is 15.6 Å². The molecular weight excluding hydrogens is 286 g/mol. The summed E-state index contributed by atoms with van der Waals surface area (Å²) >= 11 is 0. The summed E-state index contributed by atoms with van der Waals surface area (Å²) in [6, 6.07) is 2.42. The second-order valence-corrected chi connectivity index (χ2v) is 5.61. The Morgan fingerprint density at radius 3 is 2.85 bits per heavy atom. The van der Waals surface area contributed by atoms with Crippen molar-refractivity contribution in [2.45, 2.75) is 17.9 Å². The van der Waals surface area contributed by atoms with Crippen molar-refractivity contribution in [3.8, 4) is 0 Å². The zero-order valence-corrected chi connectivity index (χ0v) is 11.2. The molecule has 2 rings (SSSR count). The van der Waals surface area contributed by atoms with Gasteiger partial charge in [0.2, 0.25) is 0 Å². The number of hydrogen-bond donors (Lipinski definition) is 3. The lowest BCUT2D eigenvalue weighted by Gasteiger charge is -2.03. The number of aromatic nitrogens is 4. The number of hydrogen-bond acceptors (Lipinski definition) is 6. The molecule has 3 N–H and O–H groups in total. The Morgan fingerprint density at radius 1 is 1.40 bits per heavy atom. The molecule has 0 unspecified atom stereocenters. The number of rotatable bonds is 6. The fraction of sp³-hybridized carbons (Fsp3) is 0.300. The van der Waals surface area contributed by atoms with E-state index in [2.05, 4.69) is 20.0 Å². The number of aliphatic hydroxyl groups excluding tert-OH is 1. The Morgan fingerprint density at radius 2 is 2.20 bits per heavy atom. The Balaban J connectivity index is 2.15. The molecule has 108 valence electrons. The number of nitrogens with zero attached hydrogens (tertiary/aromatic N) is 3. The van der Waals surface area contributed by atoms with E-state index in [1.807, 2.05) is 0 Å². The number of aryl methyl sites for hydroxylation is 1. The van der Waals surface area contributed by atoms with E-state index in [4.69, 9.17) is 5.11 Å². The van der Waals surface area contributed by atoms with Gasteiger partial charge in [-0.05, 0) is 12.5 Å². The van der Waals surface area contributed by atoms with Crippen LogP contribution in [0.15, 0.2) is 34.2 Å². The van der Waals surface area contributed by atoms with E-state index in [-0.39, 0.29) is 17.3 Å². The third kappa shape index (κ3) is 3.42. The molecule has 2 heterocycles. The molecule has 2 aromatic rings. The normalized spacial score (nSPS) is 11.4. The smallest absolute Gasteiger partial charge is 0.266 e. The average Bonchev–Trinajstić information content (AvgIpc) is 2.88. The fourth-order valence-electron chi connectivity index (χ4n) is 1.44. The van der Waals surface area contributed by atoms with E-state index >= 15 is 0 Å². The molecule has 0 radical (unpaired) electrons. The first kappa shape index (κ1) is 14.2. The number of H-pyrrole nitrogens is 1. The first-order valence-corrected chi connectivity index (χ1v) is 7.21. The van der Waals surface area contributed by atoms with Crippen molar-refractivity contribution in [3.63, 3.8) is 0 Å². The van der Waals surface area contributed by atoms with Gasteiger partial charge in [-0.1, -0.05) is 0 Å². The summed E-state index contributed by atoms with van der Waals surface area (Å²) in [5.74, 6) is 0.00714. The summed E-state index contributed by atoms with van der Waals surface area (Å²) in [5.41, 5.74) is -0.426. The molecule has 0 aliphatic heterocycles. The number of aliphatic hydroxyl groups is 1. The minimum atomic E-state index is -3.81. The summed E-state index contributed by atoms with van der Waals surface area (Å²) < 4.78 is 27.7. The number of sulfonamides is 1. The monoisotopic (exact) mass is 299 g/mol. The van der Waals surface area contributed by atoms with E-state index in [0.717, 1.165) is 6.07 Å². The molecule has 0 bridgehead atoms. The lowest BCUT2D eigenvalue weighted by Crippen LogP contribution is -2.16. The molecule has 0 aromatic carbocycles. The molecule has 20 heavy (non-hydrogen) atoms. The Labute approximate surface area is 114 Å². The van der Waals surface area contributed by atoms with Crippen molar-refractivity contribution >= 4 is 15.8 Å². The molecule has 0 spiro atoms. The van der Waals surface area contributed by atoms with Crippen LogP contribution in [0.2, 0.25) is 0 Å². The van der Waals surface area contributed by atoms with Crippen LogP contribution in [0.5, 0.6) is 0 Å². The van der Waals surface area contributed by atoms with Crippen molar-refractivity contribution in [1.29, 1.82) is 0 Å². The van der Waals surface area contributed by atoms with Crippen LogP contribution in [0.25, 0.3) is 0 Å². The molecule has 0 amide bonds. The molecule has 0 saturated heterocycles. The minimum Gasteiger partial charge on any atom is -0.396 e. The van der Waals surface area contributed by atoms with E-state index in [9.17, 15) is 13.2 Å². The SMILES string of the molecule is O=c1ccc(NS(=O)(=O)c2cnn(CCCO)c2)n[nH]1. The van der Waals surface area contributed by atoms with Gasteiger partial charge in [0, 0.05) is 25.4 Å². The van der Waals surface area contributed by atoms with Gasteiger partial charge in [0.1, 0.15) is 4.90 Å².